The topological polar surface area (TPSA) is 83.2 Å². The average Bonchev–Trinajstić information content (AvgIpc) is 2.38. The summed E-state index contributed by atoms with van der Waals surface area (Å²) in [7, 11) is 0. The van der Waals surface area contributed by atoms with Gasteiger partial charge in [0.25, 0.3) is 0 Å². The zero-order valence-corrected chi connectivity index (χ0v) is 9.50. The lowest BCUT2D eigenvalue weighted by Crippen LogP contribution is -2.00. The molecule has 2 rings (SSSR count). The summed E-state index contributed by atoms with van der Waals surface area (Å²) < 4.78 is 18.7. The maximum Gasteiger partial charge on any atom is 0.338 e. The number of rotatable bonds is 3. The normalized spacial score (nSPS) is 9.68. The lowest BCUT2D eigenvalue weighted by Gasteiger charge is -2.05. The largest absolute Gasteiger partial charge is 0.478 e. The molecule has 1 N–H and O–H groups in total. The predicted molar refractivity (Wildman–Crippen MR) is 62.4 cm³/mol. The summed E-state index contributed by atoms with van der Waals surface area (Å²) >= 11 is 0. The van der Waals surface area contributed by atoms with Crippen LogP contribution in [-0.4, -0.2) is 16.1 Å². The Hall–Kier alpha value is -2.94. The molecule has 0 saturated heterocycles. The molecule has 2 aromatic rings. The van der Waals surface area contributed by atoms with Crippen LogP contribution in [0.4, 0.5) is 4.39 Å². The number of nitriles is 1. The van der Waals surface area contributed by atoms with Crippen LogP contribution in [0.2, 0.25) is 0 Å². The van der Waals surface area contributed by atoms with Crippen LogP contribution in [0.25, 0.3) is 0 Å². The van der Waals surface area contributed by atoms with Gasteiger partial charge >= 0.3 is 5.97 Å². The molecular weight excluding hydrogens is 251 g/mol. The van der Waals surface area contributed by atoms with E-state index >= 15 is 0 Å². The molecule has 0 aliphatic rings. The van der Waals surface area contributed by atoms with Crippen molar-refractivity contribution in [2.45, 2.75) is 0 Å². The molecule has 0 saturated carbocycles. The maximum absolute atomic E-state index is 13.4. The third-order valence-electron chi connectivity index (χ3n) is 2.23. The van der Waals surface area contributed by atoms with Gasteiger partial charge in [0.15, 0.2) is 0 Å². The molecule has 0 amide bonds. The van der Waals surface area contributed by atoms with Gasteiger partial charge in [-0.25, -0.2) is 14.2 Å². The lowest BCUT2D eigenvalue weighted by atomic mass is 10.2. The zero-order valence-electron chi connectivity index (χ0n) is 9.50. The van der Waals surface area contributed by atoms with E-state index in [1.54, 1.807) is 6.07 Å². The van der Waals surface area contributed by atoms with Crippen LogP contribution in [0, 0.1) is 17.1 Å². The van der Waals surface area contributed by atoms with E-state index in [-0.39, 0.29) is 17.3 Å². The maximum atomic E-state index is 13.4. The highest BCUT2D eigenvalue weighted by atomic mass is 19.1. The van der Waals surface area contributed by atoms with Gasteiger partial charge in [0.2, 0.25) is 5.88 Å². The molecule has 0 unspecified atom stereocenters. The number of carboxylic acid groups (broad SMARTS) is 1. The zero-order chi connectivity index (χ0) is 13.8. The van der Waals surface area contributed by atoms with Crippen molar-refractivity contribution in [2.75, 3.05) is 0 Å². The van der Waals surface area contributed by atoms with E-state index in [9.17, 15) is 9.18 Å². The molecule has 94 valence electrons. The minimum absolute atomic E-state index is 0.102. The molecule has 0 bridgehead atoms. The fourth-order valence-electron chi connectivity index (χ4n) is 1.39. The second-order valence-corrected chi connectivity index (χ2v) is 3.52. The predicted octanol–water partition coefficient (Wildman–Crippen LogP) is 2.58. The number of benzene rings is 1. The second-order valence-electron chi connectivity index (χ2n) is 3.52. The van der Waals surface area contributed by atoms with Crippen LogP contribution in [0.3, 0.4) is 0 Å². The summed E-state index contributed by atoms with van der Waals surface area (Å²) in [4.78, 5) is 14.5. The minimum atomic E-state index is -1.35. The monoisotopic (exact) mass is 258 g/mol. The molecule has 0 spiro atoms. The van der Waals surface area contributed by atoms with Gasteiger partial charge in [0.1, 0.15) is 23.3 Å². The van der Waals surface area contributed by atoms with Gasteiger partial charge in [0, 0.05) is 12.1 Å². The van der Waals surface area contributed by atoms with Crippen molar-refractivity contribution < 1.29 is 19.0 Å². The summed E-state index contributed by atoms with van der Waals surface area (Å²) in [6.07, 6.45) is 0. The lowest BCUT2D eigenvalue weighted by molar-refractivity contribution is 0.0692. The number of carboxylic acids is 1. The molecule has 0 atom stereocenters. The Labute approximate surface area is 107 Å². The van der Waals surface area contributed by atoms with Crippen molar-refractivity contribution in [1.82, 2.24) is 4.98 Å². The summed E-state index contributed by atoms with van der Waals surface area (Å²) in [6, 6.07) is 9.78. The van der Waals surface area contributed by atoms with Crippen molar-refractivity contribution in [2.24, 2.45) is 0 Å². The molecule has 1 aromatic heterocycles. The number of carbonyl (C=O) groups is 1. The Kier molecular flexibility index (Phi) is 3.39. The van der Waals surface area contributed by atoms with Crippen LogP contribution in [-0.2, 0) is 0 Å². The quantitative estimate of drug-likeness (QED) is 0.914. The van der Waals surface area contributed by atoms with Gasteiger partial charge in [-0.05, 0) is 18.2 Å². The first-order chi connectivity index (χ1) is 9.10. The highest BCUT2D eigenvalue weighted by molar-refractivity contribution is 5.88. The van der Waals surface area contributed by atoms with Crippen LogP contribution in [0.1, 0.15) is 16.1 Å². The first-order valence-corrected chi connectivity index (χ1v) is 5.18. The average molecular weight is 258 g/mol. The second kappa shape index (κ2) is 5.14. The fourth-order valence-corrected chi connectivity index (χ4v) is 1.39. The minimum Gasteiger partial charge on any atom is -0.478 e. The van der Waals surface area contributed by atoms with E-state index < -0.39 is 17.3 Å². The Morgan fingerprint density at radius 2 is 2.16 bits per heavy atom. The molecule has 0 fully saturated rings. The van der Waals surface area contributed by atoms with E-state index in [1.165, 1.54) is 18.2 Å². The molecule has 0 aliphatic carbocycles. The van der Waals surface area contributed by atoms with Gasteiger partial charge in [0.05, 0.1) is 5.56 Å². The highest BCUT2D eigenvalue weighted by Gasteiger charge is 2.11. The number of aromatic carboxylic acids is 1. The van der Waals surface area contributed by atoms with Crippen molar-refractivity contribution in [1.29, 1.82) is 5.26 Å². The van der Waals surface area contributed by atoms with E-state index in [1.807, 2.05) is 6.07 Å². The van der Waals surface area contributed by atoms with Crippen molar-refractivity contribution in [3.63, 3.8) is 0 Å². The summed E-state index contributed by atoms with van der Waals surface area (Å²) in [5.74, 6) is -2.03. The molecule has 0 aliphatic heterocycles. The number of ether oxygens (including phenoxy) is 1. The third-order valence-corrected chi connectivity index (χ3v) is 2.23. The molecular formula is C13H7FN2O3. The molecule has 5 nitrogen and oxygen atoms in total. The van der Waals surface area contributed by atoms with E-state index in [0.717, 1.165) is 12.1 Å². The standard InChI is InChI=1S/C13H7FN2O3/c14-11-6-9(4-5-10(11)13(17)18)19-12-3-1-2-8(7-15)16-12/h1-6H,(H,17,18). The summed E-state index contributed by atoms with van der Waals surface area (Å²) in [6.45, 7) is 0. The van der Waals surface area contributed by atoms with Crippen LogP contribution in [0.15, 0.2) is 36.4 Å². The van der Waals surface area contributed by atoms with E-state index in [0.29, 0.717) is 0 Å². The van der Waals surface area contributed by atoms with E-state index in [4.69, 9.17) is 15.1 Å². The molecule has 6 heteroatoms. The molecule has 1 aromatic carbocycles. The van der Waals surface area contributed by atoms with Crippen LogP contribution < -0.4 is 4.74 Å². The van der Waals surface area contributed by atoms with Gasteiger partial charge in [-0.2, -0.15) is 5.26 Å². The molecule has 1 heterocycles. The number of aromatic nitrogens is 1. The number of hydrogen-bond acceptors (Lipinski definition) is 4. The fraction of sp³-hybridized carbons (Fsp3) is 0. The summed E-state index contributed by atoms with van der Waals surface area (Å²) in [5.41, 5.74) is -0.272. The molecule has 19 heavy (non-hydrogen) atoms. The highest BCUT2D eigenvalue weighted by Crippen LogP contribution is 2.22. The SMILES string of the molecule is N#Cc1cccc(Oc2ccc(C(=O)O)c(F)c2)n1. The number of halogens is 1. The Bertz CT molecular complexity index is 680. The van der Waals surface area contributed by atoms with Gasteiger partial charge < -0.3 is 9.84 Å². The van der Waals surface area contributed by atoms with Gasteiger partial charge in [-0.3, -0.25) is 0 Å². The van der Waals surface area contributed by atoms with Crippen molar-refractivity contribution in [3.8, 4) is 17.7 Å². The third kappa shape index (κ3) is 2.84. The first-order valence-electron chi connectivity index (χ1n) is 5.18. The van der Waals surface area contributed by atoms with Crippen molar-refractivity contribution >= 4 is 5.97 Å². The summed E-state index contributed by atoms with van der Waals surface area (Å²) in [5, 5.41) is 17.4. The first kappa shape index (κ1) is 12.5. The van der Waals surface area contributed by atoms with E-state index in [2.05, 4.69) is 4.98 Å². The Morgan fingerprint density at radius 3 is 2.79 bits per heavy atom. The van der Waals surface area contributed by atoms with Gasteiger partial charge in [-0.1, -0.05) is 6.07 Å². The number of hydrogen-bond donors (Lipinski definition) is 1. The number of pyridine rings is 1. The Balaban J connectivity index is 2.26. The number of nitrogens with zero attached hydrogens (tertiary/aromatic N) is 2. The van der Waals surface area contributed by atoms with Crippen LogP contribution in [0.5, 0.6) is 11.6 Å². The molecule has 0 radical (unpaired) electrons. The van der Waals surface area contributed by atoms with Crippen LogP contribution >= 0.6 is 0 Å². The Morgan fingerprint density at radius 1 is 1.37 bits per heavy atom. The van der Waals surface area contributed by atoms with Crippen molar-refractivity contribution in [3.05, 3.63) is 53.5 Å². The van der Waals surface area contributed by atoms with Gasteiger partial charge in [-0.15, -0.1) is 0 Å². The smallest absolute Gasteiger partial charge is 0.338 e.